The van der Waals surface area contributed by atoms with Gasteiger partial charge in [-0.25, -0.2) is 0 Å². The number of carbonyl (C=O) groups is 1. The Kier molecular flexibility index (Phi) is 18.4. The summed E-state index contributed by atoms with van der Waals surface area (Å²) in [6.45, 7) is 18.1. The molecule has 0 amide bonds. The summed E-state index contributed by atoms with van der Waals surface area (Å²) >= 11 is 0. The molecule has 0 aliphatic rings. The van der Waals surface area contributed by atoms with Crippen LogP contribution in [-0.2, 0) is 11.8 Å². The standard InChI is InChI=1S/C12H25NO.C7H12N2.C2H6/c1-4-7-10-13(6-3)11-8-9-12(14)5-2;1-6(2)7-4-8-9(3)5-7;1-2/h4-11H2,1-3H3;4-6H,1-3H3;1-2H3. The van der Waals surface area contributed by atoms with Gasteiger partial charge < -0.3 is 4.90 Å². The monoisotopic (exact) mass is 353 g/mol. The van der Waals surface area contributed by atoms with Crippen molar-refractivity contribution < 1.29 is 4.79 Å². The quantitative estimate of drug-likeness (QED) is 0.562. The molecule has 0 aliphatic carbocycles. The molecule has 0 saturated carbocycles. The molecule has 0 atom stereocenters. The summed E-state index contributed by atoms with van der Waals surface area (Å²) in [6, 6.07) is 0. The molecule has 1 aromatic heterocycles. The fourth-order valence-corrected chi connectivity index (χ4v) is 2.22. The lowest BCUT2D eigenvalue weighted by Crippen LogP contribution is -2.26. The summed E-state index contributed by atoms with van der Waals surface area (Å²) in [5.41, 5.74) is 1.30. The van der Waals surface area contributed by atoms with E-state index in [0.29, 0.717) is 18.1 Å². The number of ketones is 1. The Morgan fingerprint density at radius 1 is 1.16 bits per heavy atom. The van der Waals surface area contributed by atoms with Gasteiger partial charge in [0.1, 0.15) is 5.78 Å². The first-order chi connectivity index (χ1) is 11.9. The van der Waals surface area contributed by atoms with Gasteiger partial charge in [0.2, 0.25) is 0 Å². The molecule has 0 aromatic carbocycles. The smallest absolute Gasteiger partial charge is 0.132 e. The van der Waals surface area contributed by atoms with Crippen LogP contribution in [0.15, 0.2) is 12.4 Å². The third-order valence-electron chi connectivity index (χ3n) is 3.99. The highest BCUT2D eigenvalue weighted by Gasteiger charge is 2.03. The highest BCUT2D eigenvalue weighted by molar-refractivity contribution is 5.77. The lowest BCUT2D eigenvalue weighted by molar-refractivity contribution is -0.118. The van der Waals surface area contributed by atoms with Crippen LogP contribution >= 0.6 is 0 Å². The first-order valence-electron chi connectivity index (χ1n) is 10.2. The molecule has 4 nitrogen and oxygen atoms in total. The minimum Gasteiger partial charge on any atom is -0.304 e. The molecule has 0 radical (unpaired) electrons. The lowest BCUT2D eigenvalue weighted by atomic mass is 10.1. The summed E-state index contributed by atoms with van der Waals surface area (Å²) in [5, 5.41) is 4.05. The molecule has 0 spiro atoms. The molecule has 0 N–H and O–H groups in total. The molecular weight excluding hydrogens is 310 g/mol. The van der Waals surface area contributed by atoms with E-state index in [1.807, 2.05) is 44.9 Å². The van der Waals surface area contributed by atoms with E-state index in [0.717, 1.165) is 25.9 Å². The minimum atomic E-state index is 0.400. The van der Waals surface area contributed by atoms with Gasteiger partial charge >= 0.3 is 0 Å². The molecule has 25 heavy (non-hydrogen) atoms. The summed E-state index contributed by atoms with van der Waals surface area (Å²) in [5.74, 6) is 0.996. The molecule has 148 valence electrons. The third-order valence-corrected chi connectivity index (χ3v) is 3.99. The van der Waals surface area contributed by atoms with Crippen molar-refractivity contribution in [3.8, 4) is 0 Å². The van der Waals surface area contributed by atoms with Gasteiger partial charge in [-0.3, -0.25) is 9.48 Å². The number of carbonyl (C=O) groups excluding carboxylic acids is 1. The molecule has 0 fully saturated rings. The largest absolute Gasteiger partial charge is 0.304 e. The average molecular weight is 354 g/mol. The Morgan fingerprint density at radius 3 is 2.12 bits per heavy atom. The van der Waals surface area contributed by atoms with E-state index >= 15 is 0 Å². The first-order valence-corrected chi connectivity index (χ1v) is 10.2. The second-order valence-electron chi connectivity index (χ2n) is 6.39. The number of Topliss-reactive ketones (excluding diaryl/α,β-unsaturated/α-hetero) is 1. The highest BCUT2D eigenvalue weighted by atomic mass is 16.1. The van der Waals surface area contributed by atoms with Gasteiger partial charge in [-0.1, -0.05) is 54.9 Å². The van der Waals surface area contributed by atoms with Crippen molar-refractivity contribution >= 4 is 5.78 Å². The SMILES string of the molecule is CC.CC(C)c1cnn(C)c1.CCCCN(CC)CCCC(=O)CC. The van der Waals surface area contributed by atoms with Crippen molar-refractivity contribution in [2.45, 2.75) is 86.5 Å². The van der Waals surface area contributed by atoms with E-state index < -0.39 is 0 Å². The normalized spacial score (nSPS) is 10.2. The molecule has 0 aliphatic heterocycles. The molecule has 4 heteroatoms. The molecule has 0 bridgehead atoms. The molecule has 1 rings (SSSR count). The summed E-state index contributed by atoms with van der Waals surface area (Å²) in [7, 11) is 1.94. The van der Waals surface area contributed by atoms with Gasteiger partial charge in [0, 0.05) is 26.1 Å². The second kappa shape index (κ2) is 17.7. The Hall–Kier alpha value is -1.16. The van der Waals surface area contributed by atoms with Crippen molar-refractivity contribution in [1.82, 2.24) is 14.7 Å². The molecule has 1 aromatic rings. The fourth-order valence-electron chi connectivity index (χ4n) is 2.22. The van der Waals surface area contributed by atoms with Crippen LogP contribution in [0, 0.1) is 0 Å². The van der Waals surface area contributed by atoms with Crippen molar-refractivity contribution in [3.63, 3.8) is 0 Å². The number of hydrogen-bond donors (Lipinski definition) is 0. The van der Waals surface area contributed by atoms with Crippen LogP contribution in [0.25, 0.3) is 0 Å². The summed E-state index contributed by atoms with van der Waals surface area (Å²) < 4.78 is 1.83. The number of aryl methyl sites for hydroxylation is 1. The first kappa shape index (κ1) is 26.1. The third kappa shape index (κ3) is 14.9. The number of aromatic nitrogens is 2. The predicted octanol–water partition coefficient (Wildman–Crippen LogP) is 5.44. The van der Waals surface area contributed by atoms with Gasteiger partial charge in [-0.15, -0.1) is 0 Å². The highest BCUT2D eigenvalue weighted by Crippen LogP contribution is 2.10. The topological polar surface area (TPSA) is 38.1 Å². The van der Waals surface area contributed by atoms with Crippen LogP contribution in [0.1, 0.15) is 92.1 Å². The number of hydrogen-bond acceptors (Lipinski definition) is 3. The van der Waals surface area contributed by atoms with Crippen LogP contribution in [0.4, 0.5) is 0 Å². The van der Waals surface area contributed by atoms with Gasteiger partial charge in [-0.2, -0.15) is 5.10 Å². The minimum absolute atomic E-state index is 0.400. The van der Waals surface area contributed by atoms with Crippen LogP contribution < -0.4 is 0 Å². The Balaban J connectivity index is 0. The van der Waals surface area contributed by atoms with Crippen molar-refractivity contribution in [1.29, 1.82) is 0 Å². The van der Waals surface area contributed by atoms with Gasteiger partial charge in [0.25, 0.3) is 0 Å². The molecule has 1 heterocycles. The second-order valence-corrected chi connectivity index (χ2v) is 6.39. The average Bonchev–Trinajstić information content (AvgIpc) is 3.06. The molecule has 0 saturated heterocycles. The molecular formula is C21H43N3O. The lowest BCUT2D eigenvalue weighted by Gasteiger charge is -2.19. The number of rotatable bonds is 10. The van der Waals surface area contributed by atoms with Crippen LogP contribution in [0.5, 0.6) is 0 Å². The Morgan fingerprint density at radius 2 is 1.76 bits per heavy atom. The van der Waals surface area contributed by atoms with Crippen LogP contribution in [0.2, 0.25) is 0 Å². The van der Waals surface area contributed by atoms with E-state index in [1.165, 1.54) is 24.9 Å². The zero-order chi connectivity index (χ0) is 19.7. The van der Waals surface area contributed by atoms with Crippen LogP contribution in [-0.4, -0.2) is 40.1 Å². The van der Waals surface area contributed by atoms with E-state index in [9.17, 15) is 4.79 Å². The van der Waals surface area contributed by atoms with Gasteiger partial charge in [0.05, 0.1) is 6.20 Å². The van der Waals surface area contributed by atoms with Crippen molar-refractivity contribution in [3.05, 3.63) is 18.0 Å². The predicted molar refractivity (Wildman–Crippen MR) is 110 cm³/mol. The van der Waals surface area contributed by atoms with Crippen molar-refractivity contribution in [2.75, 3.05) is 19.6 Å². The maximum absolute atomic E-state index is 11.1. The number of nitrogens with zero attached hydrogens (tertiary/aromatic N) is 3. The van der Waals surface area contributed by atoms with E-state index in [4.69, 9.17) is 0 Å². The Bertz CT molecular complexity index is 413. The van der Waals surface area contributed by atoms with E-state index in [-0.39, 0.29) is 0 Å². The fraction of sp³-hybridized carbons (Fsp3) is 0.810. The maximum atomic E-state index is 11.1. The van der Waals surface area contributed by atoms with Gasteiger partial charge in [-0.05, 0) is 44.0 Å². The van der Waals surface area contributed by atoms with Crippen molar-refractivity contribution in [2.24, 2.45) is 7.05 Å². The van der Waals surface area contributed by atoms with E-state index in [2.05, 4.69) is 37.7 Å². The molecule has 0 unspecified atom stereocenters. The maximum Gasteiger partial charge on any atom is 0.132 e. The summed E-state index contributed by atoms with van der Waals surface area (Å²) in [4.78, 5) is 13.5. The van der Waals surface area contributed by atoms with Crippen LogP contribution in [0.3, 0.4) is 0 Å². The van der Waals surface area contributed by atoms with E-state index in [1.54, 1.807) is 0 Å². The Labute approximate surface area is 157 Å². The zero-order valence-corrected chi connectivity index (χ0v) is 18.1. The van der Waals surface area contributed by atoms with Gasteiger partial charge in [0.15, 0.2) is 0 Å². The number of unbranched alkanes of at least 4 members (excludes halogenated alkanes) is 1. The summed E-state index contributed by atoms with van der Waals surface area (Å²) in [6.07, 6.45) is 8.97. The zero-order valence-electron chi connectivity index (χ0n) is 18.1.